The fourth-order valence-corrected chi connectivity index (χ4v) is 4.09. The van der Waals surface area contributed by atoms with Gasteiger partial charge in [0.1, 0.15) is 0 Å². The summed E-state index contributed by atoms with van der Waals surface area (Å²) in [5.74, 6) is 1.05. The standard InChI is InChI=1S/C23H33N5O3S/c1-6-31-20(29)14-25(13-17(4)5)15-27-23(32)28-19-10-8-7-9-18(19)21(30)26(22(28)24-27)12-11-16(2)3/h7-10,16-17H,6,11-15H2,1-5H3. The average molecular weight is 460 g/mol. The molecule has 0 aliphatic carbocycles. The molecule has 0 bridgehead atoms. The minimum absolute atomic E-state index is 0.0635. The molecule has 3 rings (SSSR count). The van der Waals surface area contributed by atoms with E-state index in [0.29, 0.717) is 54.1 Å². The molecule has 0 saturated heterocycles. The third-order valence-electron chi connectivity index (χ3n) is 5.23. The van der Waals surface area contributed by atoms with Gasteiger partial charge in [-0.2, -0.15) is 0 Å². The van der Waals surface area contributed by atoms with Gasteiger partial charge in [-0.25, -0.2) is 4.68 Å². The van der Waals surface area contributed by atoms with E-state index in [9.17, 15) is 9.59 Å². The number of aryl methyl sites for hydroxylation is 1. The lowest BCUT2D eigenvalue weighted by Crippen LogP contribution is -2.36. The number of rotatable bonds is 10. The third-order valence-corrected chi connectivity index (χ3v) is 5.62. The second-order valence-corrected chi connectivity index (χ2v) is 9.29. The lowest BCUT2D eigenvalue weighted by molar-refractivity contribution is -0.145. The Morgan fingerprint density at radius 3 is 2.56 bits per heavy atom. The topological polar surface area (TPSA) is 73.8 Å². The number of ether oxygens (including phenoxy) is 1. The van der Waals surface area contributed by atoms with Gasteiger partial charge in [0.2, 0.25) is 10.5 Å². The Balaban J connectivity index is 2.12. The van der Waals surface area contributed by atoms with Crippen LogP contribution in [0, 0.1) is 16.6 Å². The number of esters is 1. The van der Waals surface area contributed by atoms with Crippen LogP contribution >= 0.6 is 12.2 Å². The van der Waals surface area contributed by atoms with Crippen molar-refractivity contribution in [2.75, 3.05) is 19.7 Å². The van der Waals surface area contributed by atoms with E-state index in [-0.39, 0.29) is 18.1 Å². The zero-order valence-corrected chi connectivity index (χ0v) is 20.4. The van der Waals surface area contributed by atoms with E-state index in [0.717, 1.165) is 11.9 Å². The molecule has 2 heterocycles. The first-order valence-corrected chi connectivity index (χ1v) is 11.6. The largest absolute Gasteiger partial charge is 0.465 e. The van der Waals surface area contributed by atoms with Gasteiger partial charge in [0.25, 0.3) is 5.56 Å². The van der Waals surface area contributed by atoms with E-state index in [1.165, 1.54) is 0 Å². The molecule has 0 atom stereocenters. The highest BCUT2D eigenvalue weighted by Crippen LogP contribution is 2.16. The number of hydrogen-bond donors (Lipinski definition) is 0. The summed E-state index contributed by atoms with van der Waals surface area (Å²) < 4.78 is 10.9. The lowest BCUT2D eigenvalue weighted by atomic mass is 10.1. The first-order chi connectivity index (χ1) is 15.2. The molecule has 9 heteroatoms. The maximum absolute atomic E-state index is 13.3. The molecule has 8 nitrogen and oxygen atoms in total. The molecule has 0 aliphatic heterocycles. The molecular weight excluding hydrogens is 426 g/mol. The Bertz CT molecular complexity index is 1210. The molecule has 0 aliphatic rings. The van der Waals surface area contributed by atoms with Crippen LogP contribution in [0.5, 0.6) is 0 Å². The highest BCUT2D eigenvalue weighted by atomic mass is 32.1. The summed E-state index contributed by atoms with van der Waals surface area (Å²) in [6, 6.07) is 7.47. The van der Waals surface area contributed by atoms with Gasteiger partial charge in [-0.05, 0) is 49.5 Å². The fraction of sp³-hybridized carbons (Fsp3) is 0.565. The first-order valence-electron chi connectivity index (χ1n) is 11.2. The number of nitrogens with zero attached hydrogens (tertiary/aromatic N) is 5. The normalized spacial score (nSPS) is 12.0. The Hall–Kier alpha value is -2.52. The highest BCUT2D eigenvalue weighted by molar-refractivity contribution is 7.71. The van der Waals surface area contributed by atoms with E-state index in [1.807, 2.05) is 33.6 Å². The third kappa shape index (κ3) is 5.27. The van der Waals surface area contributed by atoms with Gasteiger partial charge in [-0.3, -0.25) is 23.5 Å². The smallest absolute Gasteiger partial charge is 0.320 e. The van der Waals surface area contributed by atoms with Crippen LogP contribution in [0.25, 0.3) is 16.7 Å². The Kier molecular flexibility index (Phi) is 7.84. The predicted octanol–water partition coefficient (Wildman–Crippen LogP) is 3.70. The van der Waals surface area contributed by atoms with Gasteiger partial charge in [0.05, 0.1) is 30.7 Å². The van der Waals surface area contributed by atoms with Crippen molar-refractivity contribution in [2.24, 2.45) is 11.8 Å². The Morgan fingerprint density at radius 2 is 1.91 bits per heavy atom. The number of carbonyl (C=O) groups excluding carboxylic acids is 1. The van der Waals surface area contributed by atoms with Gasteiger partial charge < -0.3 is 4.74 Å². The zero-order valence-electron chi connectivity index (χ0n) is 19.6. The van der Waals surface area contributed by atoms with E-state index in [4.69, 9.17) is 22.1 Å². The SMILES string of the molecule is CCOC(=O)CN(CC(C)C)Cn1nc2n(CCC(C)C)c(=O)c3ccccc3n2c1=S. The zero-order chi connectivity index (χ0) is 23.4. The minimum atomic E-state index is -0.275. The summed E-state index contributed by atoms with van der Waals surface area (Å²) >= 11 is 5.80. The van der Waals surface area contributed by atoms with Crippen molar-refractivity contribution < 1.29 is 9.53 Å². The van der Waals surface area contributed by atoms with Crippen molar-refractivity contribution >= 4 is 34.9 Å². The first kappa shape index (κ1) is 24.1. The number of hydrogen-bond acceptors (Lipinski definition) is 6. The fourth-order valence-electron chi connectivity index (χ4n) is 3.82. The van der Waals surface area contributed by atoms with E-state index < -0.39 is 0 Å². The second-order valence-electron chi connectivity index (χ2n) is 8.93. The van der Waals surface area contributed by atoms with Crippen LogP contribution in [-0.4, -0.2) is 49.3 Å². The van der Waals surface area contributed by atoms with Crippen molar-refractivity contribution in [3.8, 4) is 0 Å². The van der Waals surface area contributed by atoms with Gasteiger partial charge in [-0.15, -0.1) is 5.10 Å². The molecule has 0 spiro atoms. The van der Waals surface area contributed by atoms with Crippen LogP contribution in [0.15, 0.2) is 29.1 Å². The van der Waals surface area contributed by atoms with Gasteiger partial charge >= 0.3 is 5.97 Å². The Morgan fingerprint density at radius 1 is 1.19 bits per heavy atom. The molecule has 0 saturated carbocycles. The minimum Gasteiger partial charge on any atom is -0.465 e. The number of aromatic nitrogens is 4. The van der Waals surface area contributed by atoms with E-state index >= 15 is 0 Å². The van der Waals surface area contributed by atoms with Crippen LogP contribution in [0.1, 0.15) is 41.0 Å². The summed E-state index contributed by atoms with van der Waals surface area (Å²) in [7, 11) is 0. The maximum atomic E-state index is 13.3. The van der Waals surface area contributed by atoms with Gasteiger partial charge in [-0.1, -0.05) is 39.8 Å². The summed E-state index contributed by atoms with van der Waals surface area (Å²) in [6.45, 7) is 12.3. The summed E-state index contributed by atoms with van der Waals surface area (Å²) in [4.78, 5) is 27.4. The molecule has 1 aromatic carbocycles. The van der Waals surface area contributed by atoms with Crippen molar-refractivity contribution in [3.63, 3.8) is 0 Å². The molecular formula is C23H33N5O3S. The van der Waals surface area contributed by atoms with E-state index in [2.05, 4.69) is 27.7 Å². The van der Waals surface area contributed by atoms with Crippen molar-refractivity contribution in [3.05, 3.63) is 39.4 Å². The molecule has 32 heavy (non-hydrogen) atoms. The van der Waals surface area contributed by atoms with Crippen molar-refractivity contribution in [1.29, 1.82) is 0 Å². The van der Waals surface area contributed by atoms with E-state index in [1.54, 1.807) is 16.2 Å². The summed E-state index contributed by atoms with van der Waals surface area (Å²) in [5.41, 5.74) is 0.678. The average Bonchev–Trinajstić information content (AvgIpc) is 3.03. The summed E-state index contributed by atoms with van der Waals surface area (Å²) in [6.07, 6.45) is 0.857. The monoisotopic (exact) mass is 459 g/mol. The van der Waals surface area contributed by atoms with Crippen LogP contribution in [0.2, 0.25) is 0 Å². The molecule has 3 aromatic rings. The van der Waals surface area contributed by atoms with Crippen LogP contribution in [-0.2, 0) is 22.7 Å². The number of benzene rings is 1. The Labute approximate surface area is 193 Å². The molecule has 174 valence electrons. The summed E-state index contributed by atoms with van der Waals surface area (Å²) in [5, 5.41) is 5.36. The van der Waals surface area contributed by atoms with Crippen molar-refractivity contribution in [1.82, 2.24) is 23.6 Å². The highest BCUT2D eigenvalue weighted by Gasteiger charge is 2.19. The van der Waals surface area contributed by atoms with Crippen LogP contribution in [0.4, 0.5) is 0 Å². The maximum Gasteiger partial charge on any atom is 0.320 e. The van der Waals surface area contributed by atoms with Crippen molar-refractivity contribution in [2.45, 2.75) is 54.3 Å². The lowest BCUT2D eigenvalue weighted by Gasteiger charge is -2.22. The molecule has 0 amide bonds. The number of para-hydroxylation sites is 1. The number of fused-ring (bicyclic) bond motifs is 3. The molecule has 0 fully saturated rings. The predicted molar refractivity (Wildman–Crippen MR) is 128 cm³/mol. The van der Waals surface area contributed by atoms with Crippen LogP contribution < -0.4 is 5.56 Å². The molecule has 0 radical (unpaired) electrons. The van der Waals surface area contributed by atoms with Gasteiger partial charge in [0.15, 0.2) is 0 Å². The van der Waals surface area contributed by atoms with Gasteiger partial charge in [0, 0.05) is 13.1 Å². The molecule has 0 unspecified atom stereocenters. The molecule has 2 aromatic heterocycles. The molecule has 0 N–H and O–H groups in total. The number of carbonyl (C=O) groups is 1. The van der Waals surface area contributed by atoms with Crippen LogP contribution in [0.3, 0.4) is 0 Å². The quantitative estimate of drug-likeness (QED) is 0.340. The second kappa shape index (κ2) is 10.4.